The van der Waals surface area contributed by atoms with Crippen LogP contribution in [0.4, 0.5) is 0 Å². The second-order valence-corrected chi connectivity index (χ2v) is 8.29. The molecule has 2 aromatic heterocycles. The molecule has 0 spiro atoms. The molecule has 0 atom stereocenters. The highest BCUT2D eigenvalue weighted by Crippen LogP contribution is 2.27. The summed E-state index contributed by atoms with van der Waals surface area (Å²) in [5.74, 6) is 1.43. The molecule has 1 N–H and O–H groups in total. The van der Waals surface area contributed by atoms with E-state index in [4.69, 9.17) is 4.74 Å². The fourth-order valence-corrected chi connectivity index (χ4v) is 4.18. The van der Waals surface area contributed by atoms with Crippen molar-refractivity contribution in [3.8, 4) is 11.4 Å². The number of nitrogens with zero attached hydrogens (tertiary/aromatic N) is 4. The molecule has 7 nitrogen and oxygen atoms in total. The Morgan fingerprint density at radius 2 is 1.73 bits per heavy atom. The van der Waals surface area contributed by atoms with E-state index in [0.29, 0.717) is 25.3 Å². The topological polar surface area (TPSA) is 81.9 Å². The highest BCUT2D eigenvalue weighted by atomic mass is 32.2. The molecule has 2 aromatic carbocycles. The molecule has 0 saturated heterocycles. The number of hydrogen-bond donors (Lipinski definition) is 1. The van der Waals surface area contributed by atoms with Crippen LogP contribution in [0.15, 0.2) is 84.3 Å². The summed E-state index contributed by atoms with van der Waals surface area (Å²) in [5.41, 5.74) is 3.89. The molecule has 0 unspecified atom stereocenters. The van der Waals surface area contributed by atoms with Crippen molar-refractivity contribution in [1.82, 2.24) is 25.1 Å². The van der Waals surface area contributed by atoms with E-state index in [1.165, 1.54) is 5.56 Å². The third-order valence-corrected chi connectivity index (χ3v) is 6.05. The lowest BCUT2D eigenvalue weighted by molar-refractivity contribution is 0.0937. The maximum atomic E-state index is 12.2. The molecule has 168 valence electrons. The number of thioether (sulfide) groups is 1. The van der Waals surface area contributed by atoms with Gasteiger partial charge >= 0.3 is 0 Å². The van der Waals surface area contributed by atoms with Gasteiger partial charge in [-0.2, -0.15) is 0 Å². The maximum Gasteiger partial charge on any atom is 0.251 e. The Hall–Kier alpha value is -3.49. The van der Waals surface area contributed by atoms with Crippen LogP contribution in [0.3, 0.4) is 0 Å². The predicted octanol–water partition coefficient (Wildman–Crippen LogP) is 4.06. The normalized spacial score (nSPS) is 10.8. The largest absolute Gasteiger partial charge is 0.383 e. The minimum absolute atomic E-state index is 0.101. The van der Waals surface area contributed by atoms with Crippen molar-refractivity contribution < 1.29 is 9.53 Å². The number of amides is 1. The molecule has 2 heterocycles. The first-order valence-electron chi connectivity index (χ1n) is 10.6. The van der Waals surface area contributed by atoms with Crippen molar-refractivity contribution in [2.24, 2.45) is 0 Å². The van der Waals surface area contributed by atoms with E-state index >= 15 is 0 Å². The Morgan fingerprint density at radius 3 is 2.45 bits per heavy atom. The highest BCUT2D eigenvalue weighted by Gasteiger charge is 2.15. The highest BCUT2D eigenvalue weighted by molar-refractivity contribution is 7.98. The number of nitrogens with one attached hydrogen (secondary N) is 1. The van der Waals surface area contributed by atoms with Gasteiger partial charge in [0.15, 0.2) is 11.0 Å². The second-order valence-electron chi connectivity index (χ2n) is 7.35. The van der Waals surface area contributed by atoms with Crippen molar-refractivity contribution in [3.05, 3.63) is 95.8 Å². The summed E-state index contributed by atoms with van der Waals surface area (Å²) in [4.78, 5) is 16.3. The Balaban J connectivity index is 1.49. The van der Waals surface area contributed by atoms with Gasteiger partial charge in [-0.15, -0.1) is 10.2 Å². The summed E-state index contributed by atoms with van der Waals surface area (Å²) in [7, 11) is 1.61. The van der Waals surface area contributed by atoms with Gasteiger partial charge in [0.2, 0.25) is 0 Å². The van der Waals surface area contributed by atoms with Gasteiger partial charge in [-0.25, -0.2) is 0 Å². The summed E-state index contributed by atoms with van der Waals surface area (Å²) in [6.07, 6.45) is 3.52. The molecule has 0 aliphatic carbocycles. The number of rotatable bonds is 10. The lowest BCUT2D eigenvalue weighted by Crippen LogP contribution is -2.26. The fourth-order valence-electron chi connectivity index (χ4n) is 3.29. The van der Waals surface area contributed by atoms with Crippen molar-refractivity contribution >= 4 is 17.7 Å². The molecule has 0 fully saturated rings. The van der Waals surface area contributed by atoms with Gasteiger partial charge in [0, 0.05) is 42.9 Å². The number of carbonyl (C=O) groups excluding carboxylic acids is 1. The third kappa shape index (κ3) is 6.06. The zero-order valence-electron chi connectivity index (χ0n) is 18.3. The first-order valence-corrected chi connectivity index (χ1v) is 11.6. The fraction of sp³-hybridized carbons (Fsp3) is 0.200. The van der Waals surface area contributed by atoms with Crippen LogP contribution in [0.5, 0.6) is 0 Å². The van der Waals surface area contributed by atoms with Crippen LogP contribution in [0, 0.1) is 0 Å². The quantitative estimate of drug-likeness (QED) is 0.285. The number of benzene rings is 2. The molecule has 8 heteroatoms. The van der Waals surface area contributed by atoms with Crippen LogP contribution in [0.25, 0.3) is 11.4 Å². The Morgan fingerprint density at radius 1 is 0.970 bits per heavy atom. The van der Waals surface area contributed by atoms with E-state index in [1.54, 1.807) is 31.3 Å². The van der Waals surface area contributed by atoms with Gasteiger partial charge in [0.05, 0.1) is 13.2 Å². The number of hydrogen-bond acceptors (Lipinski definition) is 6. The van der Waals surface area contributed by atoms with E-state index in [-0.39, 0.29) is 5.91 Å². The molecule has 0 saturated carbocycles. The minimum atomic E-state index is -0.101. The van der Waals surface area contributed by atoms with Gasteiger partial charge in [0.25, 0.3) is 5.91 Å². The average molecular weight is 460 g/mol. The lowest BCUT2D eigenvalue weighted by Gasteiger charge is -2.11. The first kappa shape index (κ1) is 22.7. The van der Waals surface area contributed by atoms with Crippen LogP contribution in [0.1, 0.15) is 21.5 Å². The van der Waals surface area contributed by atoms with Crippen molar-refractivity contribution in [2.45, 2.75) is 17.5 Å². The molecular weight excluding hydrogens is 434 g/mol. The Kier molecular flexibility index (Phi) is 7.84. The summed E-state index contributed by atoms with van der Waals surface area (Å²) in [5, 5.41) is 12.6. The van der Waals surface area contributed by atoms with Crippen LogP contribution in [-0.4, -0.2) is 45.9 Å². The number of aromatic nitrogens is 4. The van der Waals surface area contributed by atoms with Gasteiger partial charge in [-0.1, -0.05) is 54.2 Å². The SMILES string of the molecule is COCCNC(=O)c1ccc(CSc2nnc(-c3ccncc3)n2Cc2ccccc2)cc1. The van der Waals surface area contributed by atoms with Crippen LogP contribution < -0.4 is 5.32 Å². The lowest BCUT2D eigenvalue weighted by atomic mass is 10.1. The van der Waals surface area contributed by atoms with E-state index in [0.717, 1.165) is 27.9 Å². The van der Waals surface area contributed by atoms with E-state index < -0.39 is 0 Å². The summed E-state index contributed by atoms with van der Waals surface area (Å²) < 4.78 is 7.10. The van der Waals surface area contributed by atoms with E-state index in [1.807, 2.05) is 54.6 Å². The Labute approximate surface area is 197 Å². The van der Waals surface area contributed by atoms with E-state index in [2.05, 4.69) is 37.2 Å². The maximum absolute atomic E-state index is 12.2. The van der Waals surface area contributed by atoms with Crippen LogP contribution >= 0.6 is 11.8 Å². The monoisotopic (exact) mass is 459 g/mol. The summed E-state index contributed by atoms with van der Waals surface area (Å²) in [6.45, 7) is 1.66. The first-order chi connectivity index (χ1) is 16.2. The Bertz CT molecular complexity index is 1160. The van der Waals surface area contributed by atoms with Crippen LogP contribution in [0.2, 0.25) is 0 Å². The smallest absolute Gasteiger partial charge is 0.251 e. The van der Waals surface area contributed by atoms with Crippen molar-refractivity contribution in [1.29, 1.82) is 0 Å². The number of ether oxygens (including phenoxy) is 1. The molecule has 0 bridgehead atoms. The number of carbonyl (C=O) groups is 1. The molecule has 0 aliphatic rings. The van der Waals surface area contributed by atoms with Crippen molar-refractivity contribution in [3.63, 3.8) is 0 Å². The van der Waals surface area contributed by atoms with Gasteiger partial charge in [-0.3, -0.25) is 14.3 Å². The molecule has 4 rings (SSSR count). The number of methoxy groups -OCH3 is 1. The van der Waals surface area contributed by atoms with Gasteiger partial charge in [0.1, 0.15) is 0 Å². The molecule has 0 radical (unpaired) electrons. The van der Waals surface area contributed by atoms with Crippen LogP contribution in [-0.2, 0) is 17.0 Å². The summed E-state index contributed by atoms with van der Waals surface area (Å²) in [6, 6.07) is 21.8. The third-order valence-electron chi connectivity index (χ3n) is 5.01. The molecule has 1 amide bonds. The average Bonchev–Trinajstić information content (AvgIpc) is 3.26. The standard InChI is InChI=1S/C25H25N5O2S/c1-32-16-15-27-24(31)22-9-7-20(8-10-22)18-33-25-29-28-23(21-11-13-26-14-12-21)30(25)17-19-5-3-2-4-6-19/h2-14H,15-18H2,1H3,(H,27,31). The minimum Gasteiger partial charge on any atom is -0.383 e. The molecule has 33 heavy (non-hydrogen) atoms. The molecular formula is C25H25N5O2S. The van der Waals surface area contributed by atoms with Gasteiger partial charge < -0.3 is 10.1 Å². The second kappa shape index (κ2) is 11.4. The zero-order valence-corrected chi connectivity index (χ0v) is 19.2. The van der Waals surface area contributed by atoms with Gasteiger partial charge in [-0.05, 0) is 35.4 Å². The number of pyridine rings is 1. The molecule has 4 aromatic rings. The van der Waals surface area contributed by atoms with E-state index in [9.17, 15) is 4.79 Å². The predicted molar refractivity (Wildman–Crippen MR) is 129 cm³/mol. The summed E-state index contributed by atoms with van der Waals surface area (Å²) >= 11 is 1.62. The van der Waals surface area contributed by atoms with Crippen molar-refractivity contribution in [2.75, 3.05) is 20.3 Å². The zero-order chi connectivity index (χ0) is 22.9. The molecule has 0 aliphatic heterocycles.